The number of rotatable bonds is 2. The van der Waals surface area contributed by atoms with Crippen molar-refractivity contribution < 1.29 is 9.59 Å². The molecule has 0 unspecified atom stereocenters. The predicted molar refractivity (Wildman–Crippen MR) is 93.2 cm³/mol. The first-order chi connectivity index (χ1) is 11.6. The van der Waals surface area contributed by atoms with E-state index in [9.17, 15) is 9.59 Å². The number of carbonyl (C=O) groups excluding carboxylic acids is 2. The van der Waals surface area contributed by atoms with E-state index in [-0.39, 0.29) is 0 Å². The van der Waals surface area contributed by atoms with Gasteiger partial charge in [-0.1, -0.05) is 54.1 Å². The Bertz CT molecular complexity index is 970. The minimum Gasteiger partial charge on any atom is -0.267 e. The standard InChI is InChI=1S/C20H14N2O2/c1-13-5-2-6-14(11-13)12-21-22-19(23)16-9-3-7-15-8-4-10-17(18(15)16)20(22)24/h2-12H,1H3/b21-12-. The highest BCUT2D eigenvalue weighted by Crippen LogP contribution is 2.29. The molecule has 1 heterocycles. The Kier molecular flexibility index (Phi) is 3.24. The second-order valence-corrected chi connectivity index (χ2v) is 5.79. The molecule has 0 radical (unpaired) electrons. The quantitative estimate of drug-likeness (QED) is 0.534. The fourth-order valence-corrected chi connectivity index (χ4v) is 3.00. The van der Waals surface area contributed by atoms with Crippen LogP contribution in [0.4, 0.5) is 0 Å². The van der Waals surface area contributed by atoms with E-state index in [1.165, 1.54) is 6.21 Å². The maximum absolute atomic E-state index is 12.7. The van der Waals surface area contributed by atoms with Gasteiger partial charge in [-0.3, -0.25) is 9.59 Å². The molecule has 4 heteroatoms. The molecule has 0 aromatic heterocycles. The van der Waals surface area contributed by atoms with E-state index in [0.29, 0.717) is 16.5 Å². The number of hydrazone groups is 1. The molecule has 0 aliphatic carbocycles. The Morgan fingerprint density at radius 2 is 1.50 bits per heavy atom. The molecule has 24 heavy (non-hydrogen) atoms. The van der Waals surface area contributed by atoms with E-state index in [0.717, 1.165) is 21.5 Å². The third-order valence-electron chi connectivity index (χ3n) is 4.11. The molecule has 3 aromatic rings. The van der Waals surface area contributed by atoms with Crippen LogP contribution in [0.1, 0.15) is 31.8 Å². The van der Waals surface area contributed by atoms with E-state index >= 15 is 0 Å². The van der Waals surface area contributed by atoms with Crippen molar-refractivity contribution in [2.75, 3.05) is 0 Å². The molecular formula is C20H14N2O2. The van der Waals surface area contributed by atoms with E-state index in [4.69, 9.17) is 0 Å². The van der Waals surface area contributed by atoms with Gasteiger partial charge >= 0.3 is 0 Å². The van der Waals surface area contributed by atoms with Gasteiger partial charge < -0.3 is 0 Å². The van der Waals surface area contributed by atoms with Crippen molar-refractivity contribution in [1.29, 1.82) is 0 Å². The molecule has 0 N–H and O–H groups in total. The molecule has 1 aliphatic rings. The summed E-state index contributed by atoms with van der Waals surface area (Å²) in [5.74, 6) is -0.790. The maximum Gasteiger partial charge on any atom is 0.282 e. The topological polar surface area (TPSA) is 49.7 Å². The fourth-order valence-electron chi connectivity index (χ4n) is 3.00. The molecule has 1 aliphatic heterocycles. The van der Waals surface area contributed by atoms with Crippen molar-refractivity contribution in [3.8, 4) is 0 Å². The third kappa shape index (κ3) is 2.20. The van der Waals surface area contributed by atoms with Gasteiger partial charge in [-0.05, 0) is 30.0 Å². The summed E-state index contributed by atoms with van der Waals surface area (Å²) in [6, 6.07) is 18.6. The lowest BCUT2D eigenvalue weighted by Crippen LogP contribution is -2.36. The summed E-state index contributed by atoms with van der Waals surface area (Å²) in [6.45, 7) is 1.98. The van der Waals surface area contributed by atoms with Gasteiger partial charge in [0, 0.05) is 5.39 Å². The molecular weight excluding hydrogens is 300 g/mol. The first kappa shape index (κ1) is 14.3. The molecule has 0 saturated heterocycles. The van der Waals surface area contributed by atoms with Gasteiger partial charge in [-0.15, -0.1) is 0 Å². The number of carbonyl (C=O) groups is 2. The van der Waals surface area contributed by atoms with E-state index in [1.54, 1.807) is 12.1 Å². The van der Waals surface area contributed by atoms with Crippen molar-refractivity contribution in [3.05, 3.63) is 82.9 Å². The van der Waals surface area contributed by atoms with E-state index in [2.05, 4.69) is 5.10 Å². The van der Waals surface area contributed by atoms with Crippen molar-refractivity contribution in [2.24, 2.45) is 5.10 Å². The number of nitrogens with zero attached hydrogens (tertiary/aromatic N) is 2. The van der Waals surface area contributed by atoms with Crippen LogP contribution in [0.15, 0.2) is 65.8 Å². The van der Waals surface area contributed by atoms with Crippen LogP contribution in [0.3, 0.4) is 0 Å². The van der Waals surface area contributed by atoms with Crippen molar-refractivity contribution in [2.45, 2.75) is 6.92 Å². The Labute approximate surface area is 139 Å². The van der Waals surface area contributed by atoms with E-state index in [1.807, 2.05) is 55.5 Å². The molecule has 0 bridgehead atoms. The van der Waals surface area contributed by atoms with Gasteiger partial charge in [0.05, 0.1) is 17.3 Å². The van der Waals surface area contributed by atoms with Crippen LogP contribution in [0.2, 0.25) is 0 Å². The van der Waals surface area contributed by atoms with Crippen LogP contribution in [0, 0.1) is 6.92 Å². The highest BCUT2D eigenvalue weighted by atomic mass is 16.2. The summed E-state index contributed by atoms with van der Waals surface area (Å²) in [7, 11) is 0. The highest BCUT2D eigenvalue weighted by Gasteiger charge is 2.32. The summed E-state index contributed by atoms with van der Waals surface area (Å²) in [5, 5.41) is 6.68. The normalized spacial score (nSPS) is 14.0. The molecule has 4 rings (SSSR count). The second-order valence-electron chi connectivity index (χ2n) is 5.79. The Hall–Kier alpha value is -3.27. The molecule has 4 nitrogen and oxygen atoms in total. The van der Waals surface area contributed by atoms with Gasteiger partial charge in [0.25, 0.3) is 11.8 Å². The van der Waals surface area contributed by atoms with Crippen LogP contribution >= 0.6 is 0 Å². The van der Waals surface area contributed by atoms with Gasteiger partial charge in [-0.2, -0.15) is 10.1 Å². The van der Waals surface area contributed by atoms with E-state index < -0.39 is 11.8 Å². The third-order valence-corrected chi connectivity index (χ3v) is 4.11. The summed E-state index contributed by atoms with van der Waals surface area (Å²) >= 11 is 0. The molecule has 2 amide bonds. The first-order valence-electron chi connectivity index (χ1n) is 7.66. The van der Waals surface area contributed by atoms with Gasteiger partial charge in [0.2, 0.25) is 0 Å². The van der Waals surface area contributed by atoms with Crippen LogP contribution < -0.4 is 0 Å². The zero-order valence-electron chi connectivity index (χ0n) is 13.1. The predicted octanol–water partition coefficient (Wildman–Crippen LogP) is 3.78. The van der Waals surface area contributed by atoms with Gasteiger partial charge in [-0.25, -0.2) is 0 Å². The number of aryl methyl sites for hydroxylation is 1. The maximum atomic E-state index is 12.7. The lowest BCUT2D eigenvalue weighted by Gasteiger charge is -2.22. The Balaban J connectivity index is 1.79. The molecule has 3 aromatic carbocycles. The van der Waals surface area contributed by atoms with Crippen molar-refractivity contribution >= 4 is 28.8 Å². The van der Waals surface area contributed by atoms with Crippen molar-refractivity contribution in [3.63, 3.8) is 0 Å². The van der Waals surface area contributed by atoms with Gasteiger partial charge in [0.1, 0.15) is 0 Å². The smallest absolute Gasteiger partial charge is 0.267 e. The largest absolute Gasteiger partial charge is 0.282 e. The zero-order chi connectivity index (χ0) is 16.7. The highest BCUT2D eigenvalue weighted by molar-refractivity contribution is 6.25. The van der Waals surface area contributed by atoms with Crippen LogP contribution in [0.25, 0.3) is 10.8 Å². The Morgan fingerprint density at radius 3 is 2.12 bits per heavy atom. The Morgan fingerprint density at radius 1 is 0.875 bits per heavy atom. The molecule has 116 valence electrons. The number of benzene rings is 3. The first-order valence-corrected chi connectivity index (χ1v) is 7.66. The molecule has 0 atom stereocenters. The SMILES string of the molecule is Cc1cccc(/C=N\N2C(=O)c3cccc4cccc(c34)C2=O)c1. The minimum absolute atomic E-state index is 0.395. The molecule has 0 saturated carbocycles. The minimum atomic E-state index is -0.395. The summed E-state index contributed by atoms with van der Waals surface area (Å²) < 4.78 is 0. The lowest BCUT2D eigenvalue weighted by molar-refractivity contribution is 0.0616. The van der Waals surface area contributed by atoms with Gasteiger partial charge in [0.15, 0.2) is 0 Å². The summed E-state index contributed by atoms with van der Waals surface area (Å²) in [4.78, 5) is 25.4. The molecule has 0 spiro atoms. The summed E-state index contributed by atoms with van der Waals surface area (Å²) in [6.07, 6.45) is 1.54. The number of imide groups is 1. The molecule has 0 fully saturated rings. The van der Waals surface area contributed by atoms with Crippen molar-refractivity contribution in [1.82, 2.24) is 5.01 Å². The fraction of sp³-hybridized carbons (Fsp3) is 0.0500. The number of hydrogen-bond acceptors (Lipinski definition) is 3. The second kappa shape index (κ2) is 5.42. The average Bonchev–Trinajstić information content (AvgIpc) is 2.59. The number of amides is 2. The monoisotopic (exact) mass is 314 g/mol. The summed E-state index contributed by atoms with van der Waals surface area (Å²) in [5.41, 5.74) is 2.94. The zero-order valence-corrected chi connectivity index (χ0v) is 13.1. The lowest BCUT2D eigenvalue weighted by atomic mass is 9.95. The van der Waals surface area contributed by atoms with Crippen LogP contribution in [-0.4, -0.2) is 23.0 Å². The van der Waals surface area contributed by atoms with Crippen LogP contribution in [0.5, 0.6) is 0 Å². The number of hydrogen-bond donors (Lipinski definition) is 0. The van der Waals surface area contributed by atoms with Crippen LogP contribution in [-0.2, 0) is 0 Å². The average molecular weight is 314 g/mol.